The van der Waals surface area contributed by atoms with Crippen LogP contribution >= 0.6 is 11.3 Å². The van der Waals surface area contributed by atoms with Crippen LogP contribution in [-0.4, -0.2) is 10.9 Å². The lowest BCUT2D eigenvalue weighted by Gasteiger charge is -2.21. The van der Waals surface area contributed by atoms with Gasteiger partial charge in [-0.3, -0.25) is 4.79 Å². The number of carbonyl (C=O) groups excluding carboxylic acids is 1. The van der Waals surface area contributed by atoms with Crippen molar-refractivity contribution in [3.8, 4) is 6.07 Å². The van der Waals surface area contributed by atoms with Crippen molar-refractivity contribution in [2.75, 3.05) is 0 Å². The molecular formula is C12H17N3OS. The molecule has 0 aliphatic heterocycles. The summed E-state index contributed by atoms with van der Waals surface area (Å²) in [5.74, 6) is -0.233. The summed E-state index contributed by atoms with van der Waals surface area (Å²) in [5, 5.41) is 14.7. The predicted octanol–water partition coefficient (Wildman–Crippen LogP) is 2.57. The molecule has 0 saturated carbocycles. The SMILES string of the molecule is CCC(C)(C#N)C(=O)NC(C)c1nc(C)cs1. The summed E-state index contributed by atoms with van der Waals surface area (Å²) in [6.45, 7) is 7.28. The van der Waals surface area contributed by atoms with E-state index in [2.05, 4.69) is 16.4 Å². The molecular weight excluding hydrogens is 234 g/mol. The highest BCUT2D eigenvalue weighted by Crippen LogP contribution is 2.23. The molecule has 1 rings (SSSR count). The summed E-state index contributed by atoms with van der Waals surface area (Å²) in [5.41, 5.74) is -0.00904. The number of rotatable bonds is 4. The highest BCUT2D eigenvalue weighted by atomic mass is 32.1. The van der Waals surface area contributed by atoms with Crippen molar-refractivity contribution < 1.29 is 4.79 Å². The largest absolute Gasteiger partial charge is 0.346 e. The number of thiazole rings is 1. The number of amides is 1. The molecule has 1 amide bonds. The van der Waals surface area contributed by atoms with Crippen LogP contribution in [0.1, 0.15) is 43.9 Å². The fraction of sp³-hybridized carbons (Fsp3) is 0.583. The van der Waals surface area contributed by atoms with E-state index in [0.717, 1.165) is 10.7 Å². The topological polar surface area (TPSA) is 65.8 Å². The first-order chi connectivity index (χ1) is 7.92. The highest BCUT2D eigenvalue weighted by molar-refractivity contribution is 7.09. The molecule has 0 saturated heterocycles. The van der Waals surface area contributed by atoms with Crippen molar-refractivity contribution in [1.82, 2.24) is 10.3 Å². The van der Waals surface area contributed by atoms with Crippen molar-refractivity contribution in [3.05, 3.63) is 16.1 Å². The third-order valence-corrected chi connectivity index (χ3v) is 3.96. The van der Waals surface area contributed by atoms with Crippen LogP contribution in [-0.2, 0) is 4.79 Å². The number of carbonyl (C=O) groups is 1. The summed E-state index contributed by atoms with van der Waals surface area (Å²) in [6.07, 6.45) is 0.499. The molecule has 1 aromatic heterocycles. The van der Waals surface area contributed by atoms with Gasteiger partial charge < -0.3 is 5.32 Å². The monoisotopic (exact) mass is 251 g/mol. The van der Waals surface area contributed by atoms with Gasteiger partial charge in [-0.25, -0.2) is 4.98 Å². The Morgan fingerprint density at radius 2 is 2.41 bits per heavy atom. The number of hydrogen-bond acceptors (Lipinski definition) is 4. The second-order valence-corrected chi connectivity index (χ2v) is 5.21. The maximum Gasteiger partial charge on any atom is 0.240 e. The van der Waals surface area contributed by atoms with Gasteiger partial charge in [-0.2, -0.15) is 5.26 Å². The number of nitrogens with one attached hydrogen (secondary N) is 1. The van der Waals surface area contributed by atoms with Crippen LogP contribution in [0.25, 0.3) is 0 Å². The van der Waals surface area contributed by atoms with Crippen LogP contribution in [0.4, 0.5) is 0 Å². The molecule has 1 N–H and O–H groups in total. The molecule has 4 nitrogen and oxygen atoms in total. The van der Waals surface area contributed by atoms with E-state index in [1.807, 2.05) is 26.2 Å². The first-order valence-corrected chi connectivity index (χ1v) is 6.45. The summed E-state index contributed by atoms with van der Waals surface area (Å²) in [4.78, 5) is 16.3. The van der Waals surface area contributed by atoms with E-state index >= 15 is 0 Å². The van der Waals surface area contributed by atoms with Gasteiger partial charge in [-0.1, -0.05) is 6.92 Å². The minimum atomic E-state index is -0.958. The van der Waals surface area contributed by atoms with Gasteiger partial charge in [0.25, 0.3) is 0 Å². The lowest BCUT2D eigenvalue weighted by molar-refractivity contribution is -0.128. The summed E-state index contributed by atoms with van der Waals surface area (Å²) in [7, 11) is 0. The molecule has 0 bridgehead atoms. The molecule has 0 aliphatic carbocycles. The molecule has 1 aromatic rings. The summed E-state index contributed by atoms with van der Waals surface area (Å²) in [6, 6.07) is 1.91. The average molecular weight is 251 g/mol. The molecule has 0 radical (unpaired) electrons. The van der Waals surface area contributed by atoms with Crippen molar-refractivity contribution >= 4 is 17.2 Å². The van der Waals surface area contributed by atoms with E-state index in [0.29, 0.717) is 6.42 Å². The molecule has 0 aliphatic rings. The molecule has 2 atom stereocenters. The van der Waals surface area contributed by atoms with E-state index in [1.165, 1.54) is 11.3 Å². The Hall–Kier alpha value is -1.41. The first-order valence-electron chi connectivity index (χ1n) is 5.57. The molecule has 5 heteroatoms. The minimum absolute atomic E-state index is 0.152. The summed E-state index contributed by atoms with van der Waals surface area (Å²) < 4.78 is 0. The Morgan fingerprint density at radius 1 is 1.76 bits per heavy atom. The Kier molecular flexibility index (Phi) is 4.24. The molecule has 2 unspecified atom stereocenters. The Balaban J connectivity index is 2.73. The maximum atomic E-state index is 12.0. The van der Waals surface area contributed by atoms with Gasteiger partial charge >= 0.3 is 0 Å². The van der Waals surface area contributed by atoms with E-state index in [4.69, 9.17) is 5.26 Å². The zero-order valence-corrected chi connectivity index (χ0v) is 11.4. The lowest BCUT2D eigenvalue weighted by Crippen LogP contribution is -2.38. The number of nitrogens with zero attached hydrogens (tertiary/aromatic N) is 2. The minimum Gasteiger partial charge on any atom is -0.346 e. The van der Waals surface area contributed by atoms with Gasteiger partial charge in [-0.15, -0.1) is 11.3 Å². The lowest BCUT2D eigenvalue weighted by atomic mass is 9.88. The average Bonchev–Trinajstić information content (AvgIpc) is 2.74. The van der Waals surface area contributed by atoms with Crippen LogP contribution < -0.4 is 5.32 Å². The fourth-order valence-corrected chi connectivity index (χ4v) is 2.08. The van der Waals surface area contributed by atoms with Crippen LogP contribution in [0.2, 0.25) is 0 Å². The Labute approximate surface area is 106 Å². The second kappa shape index (κ2) is 5.28. The van der Waals surface area contributed by atoms with Crippen molar-refractivity contribution in [2.45, 2.75) is 40.2 Å². The zero-order chi connectivity index (χ0) is 13.1. The third kappa shape index (κ3) is 3.04. The van der Waals surface area contributed by atoms with Crippen LogP contribution in [0, 0.1) is 23.7 Å². The Bertz CT molecular complexity index is 449. The van der Waals surface area contributed by atoms with Crippen LogP contribution in [0.5, 0.6) is 0 Å². The van der Waals surface area contributed by atoms with E-state index < -0.39 is 5.41 Å². The second-order valence-electron chi connectivity index (χ2n) is 4.32. The number of nitriles is 1. The smallest absolute Gasteiger partial charge is 0.240 e. The van der Waals surface area contributed by atoms with Crippen molar-refractivity contribution in [2.24, 2.45) is 5.41 Å². The molecule has 17 heavy (non-hydrogen) atoms. The van der Waals surface area contributed by atoms with Gasteiger partial charge in [0.1, 0.15) is 10.4 Å². The zero-order valence-electron chi connectivity index (χ0n) is 10.6. The quantitative estimate of drug-likeness (QED) is 0.894. The molecule has 92 valence electrons. The van der Waals surface area contributed by atoms with Crippen LogP contribution in [0.3, 0.4) is 0 Å². The normalized spacial score (nSPS) is 15.7. The predicted molar refractivity (Wildman–Crippen MR) is 67.4 cm³/mol. The number of hydrogen-bond donors (Lipinski definition) is 1. The first kappa shape index (κ1) is 13.7. The molecule has 0 aromatic carbocycles. The molecule has 1 heterocycles. The third-order valence-electron chi connectivity index (χ3n) is 2.81. The standard InChI is InChI=1S/C12H17N3OS/c1-5-12(4,7-13)11(16)15-9(3)10-14-8(2)6-17-10/h6,9H,5H2,1-4H3,(H,15,16). The van der Waals surface area contributed by atoms with Crippen molar-refractivity contribution in [3.63, 3.8) is 0 Å². The van der Waals surface area contributed by atoms with Gasteiger partial charge in [0.05, 0.1) is 12.1 Å². The van der Waals surface area contributed by atoms with E-state index in [1.54, 1.807) is 6.92 Å². The van der Waals surface area contributed by atoms with Gasteiger partial charge in [0.2, 0.25) is 5.91 Å². The molecule has 0 spiro atoms. The maximum absolute atomic E-state index is 12.0. The number of aryl methyl sites for hydroxylation is 1. The Morgan fingerprint density at radius 3 is 2.82 bits per heavy atom. The van der Waals surface area contributed by atoms with E-state index in [-0.39, 0.29) is 11.9 Å². The van der Waals surface area contributed by atoms with Gasteiger partial charge in [0.15, 0.2) is 0 Å². The van der Waals surface area contributed by atoms with Crippen LogP contribution in [0.15, 0.2) is 5.38 Å². The van der Waals surface area contributed by atoms with Gasteiger partial charge in [0, 0.05) is 11.1 Å². The summed E-state index contributed by atoms with van der Waals surface area (Å²) >= 11 is 1.52. The highest BCUT2D eigenvalue weighted by Gasteiger charge is 2.32. The fourth-order valence-electron chi connectivity index (χ4n) is 1.28. The van der Waals surface area contributed by atoms with Gasteiger partial charge in [-0.05, 0) is 27.2 Å². The number of aromatic nitrogens is 1. The molecule has 0 fully saturated rings. The van der Waals surface area contributed by atoms with Crippen molar-refractivity contribution in [1.29, 1.82) is 5.26 Å². The van der Waals surface area contributed by atoms with E-state index in [9.17, 15) is 4.79 Å².